The summed E-state index contributed by atoms with van der Waals surface area (Å²) in [5, 5.41) is 11.7. The molecule has 8 heteroatoms. The van der Waals surface area contributed by atoms with Gasteiger partial charge in [0.05, 0.1) is 5.75 Å². The molecule has 2 N–H and O–H groups in total. The van der Waals surface area contributed by atoms with Gasteiger partial charge >= 0.3 is 5.97 Å². The van der Waals surface area contributed by atoms with Gasteiger partial charge in [-0.05, 0) is 37.0 Å². The average Bonchev–Trinajstić information content (AvgIpc) is 3.22. The molecule has 1 aromatic carbocycles. The fourth-order valence-electron chi connectivity index (χ4n) is 2.73. The lowest BCUT2D eigenvalue weighted by molar-refractivity contribution is -0.147. The highest BCUT2D eigenvalue weighted by atomic mass is 32.2. The molecular weight excluding hydrogens is 320 g/mol. The predicted molar refractivity (Wildman–Crippen MR) is 83.2 cm³/mol. The number of anilines is 1. The normalized spacial score (nSPS) is 21.7. The Morgan fingerprint density at radius 3 is 2.61 bits per heavy atom. The molecule has 1 saturated carbocycles. The van der Waals surface area contributed by atoms with Crippen molar-refractivity contribution < 1.29 is 23.1 Å². The van der Waals surface area contributed by atoms with Gasteiger partial charge in [-0.25, -0.2) is 8.42 Å². The maximum Gasteiger partial charge on any atom is 0.319 e. The van der Waals surface area contributed by atoms with Crippen molar-refractivity contribution in [2.24, 2.45) is 5.41 Å². The molecule has 23 heavy (non-hydrogen) atoms. The number of carboxylic acids is 1. The lowest BCUT2D eigenvalue weighted by Crippen LogP contribution is -2.31. The first-order valence-corrected chi connectivity index (χ1v) is 9.06. The lowest BCUT2D eigenvalue weighted by Gasteiger charge is -2.15. The van der Waals surface area contributed by atoms with Crippen LogP contribution in [0.15, 0.2) is 24.3 Å². The molecule has 2 fully saturated rings. The molecule has 3 rings (SSSR count). The van der Waals surface area contributed by atoms with Crippen molar-refractivity contribution in [1.82, 2.24) is 4.31 Å². The van der Waals surface area contributed by atoms with Gasteiger partial charge in [0.25, 0.3) is 0 Å². The van der Waals surface area contributed by atoms with Gasteiger partial charge in [0.1, 0.15) is 5.41 Å². The van der Waals surface area contributed by atoms with E-state index in [-0.39, 0.29) is 12.3 Å². The van der Waals surface area contributed by atoms with E-state index >= 15 is 0 Å². The number of hydrogen-bond acceptors (Lipinski definition) is 4. The van der Waals surface area contributed by atoms with E-state index < -0.39 is 27.3 Å². The van der Waals surface area contributed by atoms with Gasteiger partial charge in [-0.1, -0.05) is 12.1 Å². The van der Waals surface area contributed by atoms with Crippen LogP contribution >= 0.6 is 0 Å². The van der Waals surface area contributed by atoms with E-state index in [9.17, 15) is 18.0 Å². The summed E-state index contributed by atoms with van der Waals surface area (Å²) in [4.78, 5) is 23.2. The lowest BCUT2D eigenvalue weighted by atomic mass is 10.1. The number of benzene rings is 1. The number of aliphatic carboxylic acids is 1. The third-order valence-corrected chi connectivity index (χ3v) is 6.24. The summed E-state index contributed by atoms with van der Waals surface area (Å²) < 4.78 is 25.1. The second-order valence-electron chi connectivity index (χ2n) is 6.04. The van der Waals surface area contributed by atoms with Gasteiger partial charge in [0.2, 0.25) is 15.9 Å². The van der Waals surface area contributed by atoms with Gasteiger partial charge in [0, 0.05) is 18.8 Å². The largest absolute Gasteiger partial charge is 0.480 e. The van der Waals surface area contributed by atoms with Crippen LogP contribution < -0.4 is 5.32 Å². The van der Waals surface area contributed by atoms with E-state index in [2.05, 4.69) is 5.32 Å². The summed E-state index contributed by atoms with van der Waals surface area (Å²) in [6.07, 6.45) is 1.32. The molecule has 1 saturated heterocycles. The minimum Gasteiger partial charge on any atom is -0.480 e. The van der Waals surface area contributed by atoms with Crippen LogP contribution in [0.2, 0.25) is 0 Å². The van der Waals surface area contributed by atoms with Crippen molar-refractivity contribution in [3.8, 4) is 0 Å². The average molecular weight is 338 g/mol. The highest BCUT2D eigenvalue weighted by molar-refractivity contribution is 7.89. The fourth-order valence-corrected chi connectivity index (χ4v) is 4.24. The number of nitrogens with one attached hydrogen (secondary N) is 1. The molecule has 0 bridgehead atoms. The van der Waals surface area contributed by atoms with Gasteiger partial charge in [-0.15, -0.1) is 0 Å². The first-order chi connectivity index (χ1) is 10.8. The highest BCUT2D eigenvalue weighted by Gasteiger charge is 2.57. The standard InChI is InChI=1S/C15H18N2O5S/c18-13(15(5-6-15)14(19)20)16-12-4-1-3-11(9-12)10-17-7-2-8-23(17,21)22/h1,3-4,9H,2,5-8,10H2,(H,16,18)(H,19,20). The second kappa shape index (κ2) is 5.61. The third kappa shape index (κ3) is 3.09. The zero-order valence-electron chi connectivity index (χ0n) is 12.5. The second-order valence-corrected chi connectivity index (χ2v) is 8.13. The Labute approximate surface area is 134 Å². The smallest absolute Gasteiger partial charge is 0.319 e. The topological polar surface area (TPSA) is 104 Å². The summed E-state index contributed by atoms with van der Waals surface area (Å²) in [5.74, 6) is -1.45. The zero-order chi connectivity index (χ0) is 16.7. The quantitative estimate of drug-likeness (QED) is 0.780. The number of carboxylic acid groups (broad SMARTS) is 1. The third-order valence-electron chi connectivity index (χ3n) is 4.34. The fraction of sp³-hybridized carbons (Fsp3) is 0.467. The van der Waals surface area contributed by atoms with Crippen molar-refractivity contribution >= 4 is 27.6 Å². The minimum absolute atomic E-state index is 0.171. The van der Waals surface area contributed by atoms with Gasteiger partial charge in [-0.3, -0.25) is 9.59 Å². The first kappa shape index (κ1) is 15.9. The Balaban J connectivity index is 1.71. The molecular formula is C15H18N2O5S. The molecule has 0 spiro atoms. The molecule has 0 radical (unpaired) electrons. The number of carbonyl (C=O) groups is 2. The van der Waals surface area contributed by atoms with E-state index in [4.69, 9.17) is 5.11 Å². The Bertz CT molecular complexity index is 755. The highest BCUT2D eigenvalue weighted by Crippen LogP contribution is 2.46. The number of carbonyl (C=O) groups excluding carboxylic acids is 1. The Morgan fingerprint density at radius 1 is 1.30 bits per heavy atom. The zero-order valence-corrected chi connectivity index (χ0v) is 13.3. The summed E-state index contributed by atoms with van der Waals surface area (Å²) in [5.41, 5.74) is -0.0565. The van der Waals surface area contributed by atoms with E-state index in [1.54, 1.807) is 24.3 Å². The number of sulfonamides is 1. The van der Waals surface area contributed by atoms with Crippen LogP contribution in [0.25, 0.3) is 0 Å². The van der Waals surface area contributed by atoms with Gasteiger partial charge < -0.3 is 10.4 Å². The van der Waals surface area contributed by atoms with Crippen LogP contribution in [0.4, 0.5) is 5.69 Å². The minimum atomic E-state index is -3.18. The number of amides is 1. The molecule has 1 amide bonds. The van der Waals surface area contributed by atoms with Crippen molar-refractivity contribution in [1.29, 1.82) is 0 Å². The molecule has 0 aromatic heterocycles. The monoisotopic (exact) mass is 338 g/mol. The number of nitrogens with zero attached hydrogens (tertiary/aromatic N) is 1. The van der Waals surface area contributed by atoms with Crippen LogP contribution in [0, 0.1) is 5.41 Å². The Hall–Kier alpha value is -1.93. The molecule has 1 aliphatic carbocycles. The van der Waals surface area contributed by atoms with Crippen LogP contribution in [0.3, 0.4) is 0 Å². The first-order valence-electron chi connectivity index (χ1n) is 7.45. The molecule has 1 heterocycles. The van der Waals surface area contributed by atoms with Crippen molar-refractivity contribution in [3.63, 3.8) is 0 Å². The molecule has 1 aromatic rings. The summed E-state index contributed by atoms with van der Waals surface area (Å²) in [7, 11) is -3.18. The van der Waals surface area contributed by atoms with Crippen LogP contribution in [0.5, 0.6) is 0 Å². The Morgan fingerprint density at radius 2 is 2.04 bits per heavy atom. The Kier molecular flexibility index (Phi) is 3.89. The van der Waals surface area contributed by atoms with E-state index in [0.717, 1.165) is 5.56 Å². The molecule has 2 aliphatic rings. The van der Waals surface area contributed by atoms with Crippen molar-refractivity contribution in [2.75, 3.05) is 17.6 Å². The van der Waals surface area contributed by atoms with E-state index in [1.165, 1.54) is 4.31 Å². The summed E-state index contributed by atoms with van der Waals surface area (Å²) in [6, 6.07) is 6.85. The van der Waals surface area contributed by atoms with Crippen LogP contribution in [-0.4, -0.2) is 42.0 Å². The van der Waals surface area contributed by atoms with Gasteiger partial charge in [0.15, 0.2) is 0 Å². The van der Waals surface area contributed by atoms with Crippen molar-refractivity contribution in [2.45, 2.75) is 25.8 Å². The molecule has 0 atom stereocenters. The molecule has 7 nitrogen and oxygen atoms in total. The maximum atomic E-state index is 12.1. The SMILES string of the molecule is O=C(O)C1(C(=O)Nc2cccc(CN3CCCS3(=O)=O)c2)CC1. The molecule has 124 valence electrons. The summed E-state index contributed by atoms with van der Waals surface area (Å²) >= 11 is 0. The number of hydrogen-bond donors (Lipinski definition) is 2. The number of rotatable bonds is 5. The maximum absolute atomic E-state index is 12.1. The molecule has 1 aliphatic heterocycles. The predicted octanol–water partition coefficient (Wildman–Crippen LogP) is 1.03. The van der Waals surface area contributed by atoms with Crippen LogP contribution in [0.1, 0.15) is 24.8 Å². The molecule has 0 unspecified atom stereocenters. The van der Waals surface area contributed by atoms with Crippen molar-refractivity contribution in [3.05, 3.63) is 29.8 Å². The van der Waals surface area contributed by atoms with E-state index in [0.29, 0.717) is 31.5 Å². The summed E-state index contributed by atoms with van der Waals surface area (Å²) in [6.45, 7) is 0.761. The van der Waals surface area contributed by atoms with Gasteiger partial charge in [-0.2, -0.15) is 4.31 Å². The van der Waals surface area contributed by atoms with Crippen LogP contribution in [-0.2, 0) is 26.2 Å². The van der Waals surface area contributed by atoms with E-state index in [1.807, 2.05) is 0 Å².